The molecule has 0 bridgehead atoms. The lowest BCUT2D eigenvalue weighted by atomic mass is 9.97. The molecule has 0 fully saturated rings. The van der Waals surface area contributed by atoms with Crippen molar-refractivity contribution in [2.24, 2.45) is 0 Å². The first kappa shape index (κ1) is 23.7. The first-order chi connectivity index (χ1) is 16.7. The van der Waals surface area contributed by atoms with Gasteiger partial charge in [0.05, 0.1) is 17.3 Å². The second kappa shape index (κ2) is 9.44. The van der Waals surface area contributed by atoms with Crippen molar-refractivity contribution in [1.82, 2.24) is 9.78 Å². The summed E-state index contributed by atoms with van der Waals surface area (Å²) in [5, 5.41) is 26.1. The third kappa shape index (κ3) is 5.08. The molecule has 0 aliphatic carbocycles. The maximum Gasteiger partial charge on any atom is 0.435 e. The van der Waals surface area contributed by atoms with E-state index in [0.29, 0.717) is 17.2 Å². The molecule has 1 atom stereocenters. The Kier molecular flexibility index (Phi) is 6.40. The van der Waals surface area contributed by atoms with Gasteiger partial charge in [-0.1, -0.05) is 42.5 Å². The summed E-state index contributed by atoms with van der Waals surface area (Å²) in [6.07, 6.45) is -5.73. The quantitative estimate of drug-likeness (QED) is 0.403. The lowest BCUT2D eigenvalue weighted by Gasteiger charge is -2.15. The van der Waals surface area contributed by atoms with Crippen LogP contribution in [0.15, 0.2) is 78.9 Å². The molecular formula is C26H19F3N4O2. The molecule has 1 heterocycles. The highest BCUT2D eigenvalue weighted by molar-refractivity contribution is 6.03. The van der Waals surface area contributed by atoms with E-state index >= 15 is 0 Å². The van der Waals surface area contributed by atoms with Gasteiger partial charge < -0.3 is 10.4 Å². The molecule has 1 unspecified atom stereocenters. The van der Waals surface area contributed by atoms with Gasteiger partial charge in [-0.05, 0) is 53.9 Å². The average Bonchev–Trinajstić information content (AvgIpc) is 3.31. The van der Waals surface area contributed by atoms with E-state index in [2.05, 4.69) is 10.4 Å². The van der Waals surface area contributed by atoms with Crippen LogP contribution in [-0.4, -0.2) is 20.8 Å². The maximum absolute atomic E-state index is 13.4. The number of nitrogens with zero attached hydrogens (tertiary/aromatic N) is 3. The summed E-state index contributed by atoms with van der Waals surface area (Å²) in [4.78, 5) is 13.0. The number of rotatable bonds is 5. The van der Waals surface area contributed by atoms with Crippen molar-refractivity contribution in [3.63, 3.8) is 0 Å². The molecule has 9 heteroatoms. The summed E-state index contributed by atoms with van der Waals surface area (Å²) in [6, 6.07) is 22.1. The summed E-state index contributed by atoms with van der Waals surface area (Å²) in [5.41, 5.74) is 1.10. The lowest BCUT2D eigenvalue weighted by molar-refractivity contribution is -0.141. The highest BCUT2D eigenvalue weighted by atomic mass is 19.4. The van der Waals surface area contributed by atoms with Gasteiger partial charge in [-0.3, -0.25) is 4.79 Å². The van der Waals surface area contributed by atoms with Crippen molar-refractivity contribution >= 4 is 11.6 Å². The number of halogens is 3. The number of alkyl halides is 3. The smallest absolute Gasteiger partial charge is 0.384 e. The fourth-order valence-electron chi connectivity index (χ4n) is 3.64. The highest BCUT2D eigenvalue weighted by Crippen LogP contribution is 2.31. The number of anilines is 1. The number of aryl methyl sites for hydroxylation is 1. The molecule has 0 radical (unpaired) electrons. The Morgan fingerprint density at radius 2 is 1.80 bits per heavy atom. The minimum atomic E-state index is -4.77. The predicted molar refractivity (Wildman–Crippen MR) is 123 cm³/mol. The van der Waals surface area contributed by atoms with Crippen molar-refractivity contribution < 1.29 is 23.1 Å². The molecule has 0 aliphatic heterocycles. The second-order valence-electron chi connectivity index (χ2n) is 7.83. The fraction of sp³-hybridized carbons (Fsp3) is 0.115. The summed E-state index contributed by atoms with van der Waals surface area (Å²) in [6.45, 7) is 1.87. The van der Waals surface area contributed by atoms with Crippen LogP contribution in [0.25, 0.3) is 5.69 Å². The van der Waals surface area contributed by atoms with Crippen LogP contribution in [0.5, 0.6) is 0 Å². The van der Waals surface area contributed by atoms with Crippen molar-refractivity contribution in [3.8, 4) is 11.8 Å². The van der Waals surface area contributed by atoms with Gasteiger partial charge in [-0.15, -0.1) is 0 Å². The number of nitrogens with one attached hydrogen (secondary N) is 1. The summed E-state index contributed by atoms with van der Waals surface area (Å²) < 4.78 is 41.0. The molecule has 1 amide bonds. The number of hydrogen-bond donors (Lipinski definition) is 2. The van der Waals surface area contributed by atoms with E-state index in [9.17, 15) is 23.1 Å². The minimum absolute atomic E-state index is 0.133. The van der Waals surface area contributed by atoms with Crippen molar-refractivity contribution in [3.05, 3.63) is 113 Å². The van der Waals surface area contributed by atoms with Crippen LogP contribution in [0.4, 0.5) is 18.9 Å². The summed E-state index contributed by atoms with van der Waals surface area (Å²) in [5.74, 6) is -0.835. The highest BCUT2D eigenvalue weighted by Gasteiger charge is 2.36. The van der Waals surface area contributed by atoms with Gasteiger partial charge >= 0.3 is 6.18 Å². The van der Waals surface area contributed by atoms with Crippen LogP contribution in [0.2, 0.25) is 0 Å². The molecular weight excluding hydrogens is 457 g/mol. The Morgan fingerprint density at radius 1 is 1.06 bits per heavy atom. The van der Waals surface area contributed by atoms with Crippen LogP contribution in [-0.2, 0) is 6.18 Å². The van der Waals surface area contributed by atoms with Gasteiger partial charge in [0, 0.05) is 11.8 Å². The molecule has 0 spiro atoms. The number of benzene rings is 3. The largest absolute Gasteiger partial charge is 0.435 e. The molecule has 4 aromatic rings. The number of amides is 1. The van der Waals surface area contributed by atoms with Crippen LogP contribution in [0.1, 0.15) is 44.5 Å². The van der Waals surface area contributed by atoms with E-state index in [1.807, 2.05) is 25.1 Å². The second-order valence-corrected chi connectivity index (χ2v) is 7.83. The zero-order valence-electron chi connectivity index (χ0n) is 18.4. The van der Waals surface area contributed by atoms with Crippen LogP contribution in [0, 0.1) is 18.3 Å². The first-order valence-electron chi connectivity index (χ1n) is 10.5. The molecule has 3 aromatic carbocycles. The maximum atomic E-state index is 13.4. The molecule has 4 rings (SSSR count). The topological polar surface area (TPSA) is 90.9 Å². The van der Waals surface area contributed by atoms with Gasteiger partial charge in [0.15, 0.2) is 5.69 Å². The first-order valence-corrected chi connectivity index (χ1v) is 10.5. The van der Waals surface area contributed by atoms with Crippen molar-refractivity contribution in [2.45, 2.75) is 19.2 Å². The molecule has 1 aromatic heterocycles. The minimum Gasteiger partial charge on any atom is -0.384 e. The molecule has 35 heavy (non-hydrogen) atoms. The van der Waals surface area contributed by atoms with Gasteiger partial charge in [0.1, 0.15) is 11.8 Å². The Morgan fingerprint density at radius 3 is 2.51 bits per heavy atom. The molecule has 2 N–H and O–H groups in total. The van der Waals surface area contributed by atoms with Gasteiger partial charge in [-0.2, -0.15) is 23.5 Å². The third-order valence-electron chi connectivity index (χ3n) is 5.40. The van der Waals surface area contributed by atoms with Gasteiger partial charge in [0.2, 0.25) is 0 Å². The Labute approximate surface area is 198 Å². The van der Waals surface area contributed by atoms with Crippen LogP contribution in [0.3, 0.4) is 0 Å². The van der Waals surface area contributed by atoms with E-state index < -0.39 is 23.9 Å². The Hall–Kier alpha value is -4.42. The van der Waals surface area contributed by atoms with Gasteiger partial charge in [0.25, 0.3) is 5.91 Å². The molecule has 6 nitrogen and oxygen atoms in total. The van der Waals surface area contributed by atoms with Crippen molar-refractivity contribution in [1.29, 1.82) is 5.26 Å². The summed E-state index contributed by atoms with van der Waals surface area (Å²) in [7, 11) is 0. The summed E-state index contributed by atoms with van der Waals surface area (Å²) >= 11 is 0. The van der Waals surface area contributed by atoms with E-state index in [-0.39, 0.29) is 22.6 Å². The number of nitriles is 1. The standard InChI is InChI=1S/C26H19F3N4O2/c1-16-6-2-3-11-21(16)24(34)18-8-5-9-19(13-18)31-25(35)22-14-23(26(27,28)29)32-33(22)20-10-4-7-17(12-20)15-30/h2-14,24,34H,1H3,(H,31,35). The van der Waals surface area contributed by atoms with Crippen molar-refractivity contribution in [2.75, 3.05) is 5.32 Å². The molecule has 0 saturated carbocycles. The number of carbonyl (C=O) groups excluding carboxylic acids is 1. The molecule has 0 saturated heterocycles. The fourth-order valence-corrected chi connectivity index (χ4v) is 3.64. The van der Waals surface area contributed by atoms with E-state index in [0.717, 1.165) is 10.2 Å². The van der Waals surface area contributed by atoms with E-state index in [4.69, 9.17) is 5.26 Å². The SMILES string of the molecule is Cc1ccccc1C(O)c1cccc(NC(=O)c2cc(C(F)(F)F)nn2-c2cccc(C#N)c2)c1. The third-order valence-corrected chi connectivity index (χ3v) is 5.40. The zero-order chi connectivity index (χ0) is 25.2. The van der Waals surface area contributed by atoms with Crippen LogP contribution >= 0.6 is 0 Å². The van der Waals surface area contributed by atoms with Crippen LogP contribution < -0.4 is 5.32 Å². The number of carbonyl (C=O) groups is 1. The lowest BCUT2D eigenvalue weighted by Crippen LogP contribution is -2.17. The molecule has 0 aliphatic rings. The molecule has 176 valence electrons. The predicted octanol–water partition coefficient (Wildman–Crippen LogP) is 5.41. The number of hydrogen-bond acceptors (Lipinski definition) is 4. The Balaban J connectivity index is 1.68. The van der Waals surface area contributed by atoms with E-state index in [1.54, 1.807) is 36.4 Å². The normalized spacial score (nSPS) is 12.1. The monoisotopic (exact) mass is 476 g/mol. The van der Waals surface area contributed by atoms with Gasteiger partial charge in [-0.25, -0.2) is 4.68 Å². The Bertz CT molecular complexity index is 1440. The average molecular weight is 476 g/mol. The number of aromatic nitrogens is 2. The number of aliphatic hydroxyl groups is 1. The zero-order valence-corrected chi connectivity index (χ0v) is 18.4. The number of aliphatic hydroxyl groups excluding tert-OH is 1. The van der Waals surface area contributed by atoms with E-state index in [1.165, 1.54) is 24.3 Å².